The maximum Gasteiger partial charge on any atom is 0.273 e. The Morgan fingerprint density at radius 2 is 2.05 bits per heavy atom. The molecule has 20 heavy (non-hydrogen) atoms. The normalized spacial score (nSPS) is 10.5. The van der Waals surface area contributed by atoms with Crippen molar-refractivity contribution in [2.24, 2.45) is 0 Å². The van der Waals surface area contributed by atoms with E-state index in [0.29, 0.717) is 11.3 Å². The van der Waals surface area contributed by atoms with Gasteiger partial charge in [0.05, 0.1) is 4.92 Å². The van der Waals surface area contributed by atoms with Crippen LogP contribution in [0, 0.1) is 15.9 Å². The number of halogens is 2. The average molecular weight is 357 g/mol. The molecule has 0 heterocycles. The van der Waals surface area contributed by atoms with Crippen molar-refractivity contribution in [3.63, 3.8) is 0 Å². The number of nitro benzene ring substituents is 1. The van der Waals surface area contributed by atoms with Crippen molar-refractivity contribution >= 4 is 39.1 Å². The third-order valence-corrected chi connectivity index (χ3v) is 4.21. The molecule has 2 N–H and O–H groups in total. The summed E-state index contributed by atoms with van der Waals surface area (Å²) in [4.78, 5) is 11.2. The Bertz CT molecular complexity index is 667. The lowest BCUT2D eigenvalue weighted by Crippen LogP contribution is -1.96. The van der Waals surface area contributed by atoms with Gasteiger partial charge in [-0.3, -0.25) is 10.1 Å². The van der Waals surface area contributed by atoms with Crippen molar-refractivity contribution in [2.75, 3.05) is 5.73 Å². The summed E-state index contributed by atoms with van der Waals surface area (Å²) < 4.78 is 14.1. The molecular weight excluding hydrogens is 347 g/mol. The lowest BCUT2D eigenvalue weighted by Gasteiger charge is -2.07. The van der Waals surface area contributed by atoms with Gasteiger partial charge in [-0.2, -0.15) is 0 Å². The molecule has 0 aromatic heterocycles. The summed E-state index contributed by atoms with van der Waals surface area (Å²) >= 11 is 4.66. The highest BCUT2D eigenvalue weighted by Gasteiger charge is 2.15. The second kappa shape index (κ2) is 6.23. The number of nitrogens with zero attached hydrogens (tertiary/aromatic N) is 1. The van der Waals surface area contributed by atoms with Crippen LogP contribution in [0.5, 0.6) is 0 Å². The molecule has 2 aromatic carbocycles. The molecule has 0 bridgehead atoms. The SMILES string of the molecule is Nc1ccc(Br)cc1SCc1cc(F)ccc1[N+](=O)[O-]. The van der Waals surface area contributed by atoms with Crippen LogP contribution in [0.1, 0.15) is 5.56 Å². The zero-order chi connectivity index (χ0) is 14.7. The van der Waals surface area contributed by atoms with E-state index in [0.717, 1.165) is 15.4 Å². The maximum atomic E-state index is 13.2. The molecule has 0 aliphatic carbocycles. The molecule has 0 amide bonds. The van der Waals surface area contributed by atoms with Gasteiger partial charge in [0.2, 0.25) is 0 Å². The molecule has 0 spiro atoms. The van der Waals surface area contributed by atoms with E-state index in [1.807, 2.05) is 12.1 Å². The number of nitrogen functional groups attached to an aromatic ring is 1. The Morgan fingerprint density at radius 3 is 2.75 bits per heavy atom. The first-order valence-corrected chi connectivity index (χ1v) is 7.36. The zero-order valence-corrected chi connectivity index (χ0v) is 12.6. The van der Waals surface area contributed by atoms with Crippen molar-refractivity contribution < 1.29 is 9.31 Å². The van der Waals surface area contributed by atoms with Gasteiger partial charge < -0.3 is 5.73 Å². The molecule has 0 aliphatic rings. The Balaban J connectivity index is 2.24. The second-order valence-corrected chi connectivity index (χ2v) is 5.93. The smallest absolute Gasteiger partial charge is 0.273 e. The Hall–Kier alpha value is -1.60. The van der Waals surface area contributed by atoms with Crippen LogP contribution in [0.3, 0.4) is 0 Å². The van der Waals surface area contributed by atoms with Crippen LogP contribution in [0.2, 0.25) is 0 Å². The molecular formula is C13H10BrFN2O2S. The monoisotopic (exact) mass is 356 g/mol. The van der Waals surface area contributed by atoms with Gasteiger partial charge in [0.25, 0.3) is 5.69 Å². The molecule has 2 aromatic rings. The standard InChI is InChI=1S/C13H10BrFN2O2S/c14-9-1-3-11(16)13(6-9)20-7-8-5-10(15)2-4-12(8)17(18)19/h1-6H,7,16H2. The quantitative estimate of drug-likeness (QED) is 0.382. The predicted molar refractivity (Wildman–Crippen MR) is 81.2 cm³/mol. The van der Waals surface area contributed by atoms with Gasteiger partial charge in [-0.1, -0.05) is 15.9 Å². The van der Waals surface area contributed by atoms with Gasteiger partial charge in [-0.15, -0.1) is 11.8 Å². The first-order chi connectivity index (χ1) is 9.47. The van der Waals surface area contributed by atoms with Gasteiger partial charge in [0.15, 0.2) is 0 Å². The summed E-state index contributed by atoms with van der Waals surface area (Å²) in [6, 6.07) is 8.82. The van der Waals surface area contributed by atoms with Crippen molar-refractivity contribution in [1.82, 2.24) is 0 Å². The number of nitro groups is 1. The number of thioether (sulfide) groups is 1. The summed E-state index contributed by atoms with van der Waals surface area (Å²) in [5.74, 6) is -0.220. The summed E-state index contributed by atoms with van der Waals surface area (Å²) in [6.07, 6.45) is 0. The number of hydrogen-bond acceptors (Lipinski definition) is 4. The second-order valence-electron chi connectivity index (χ2n) is 4.00. The van der Waals surface area contributed by atoms with E-state index < -0.39 is 10.7 Å². The van der Waals surface area contributed by atoms with Crippen molar-refractivity contribution in [1.29, 1.82) is 0 Å². The van der Waals surface area contributed by atoms with E-state index in [1.54, 1.807) is 6.07 Å². The van der Waals surface area contributed by atoms with E-state index in [9.17, 15) is 14.5 Å². The maximum absolute atomic E-state index is 13.2. The van der Waals surface area contributed by atoms with Crippen LogP contribution in [-0.2, 0) is 5.75 Å². The number of nitrogens with two attached hydrogens (primary N) is 1. The van der Waals surface area contributed by atoms with Crippen LogP contribution >= 0.6 is 27.7 Å². The van der Waals surface area contributed by atoms with Crippen LogP contribution < -0.4 is 5.73 Å². The third-order valence-electron chi connectivity index (χ3n) is 2.60. The molecule has 0 fully saturated rings. The van der Waals surface area contributed by atoms with E-state index >= 15 is 0 Å². The summed E-state index contributed by atoms with van der Waals surface area (Å²) in [5, 5.41) is 10.9. The topological polar surface area (TPSA) is 69.2 Å². The van der Waals surface area contributed by atoms with Crippen LogP contribution in [-0.4, -0.2) is 4.92 Å². The Morgan fingerprint density at radius 1 is 1.30 bits per heavy atom. The van der Waals surface area contributed by atoms with Crippen LogP contribution in [0.25, 0.3) is 0 Å². The minimum Gasteiger partial charge on any atom is -0.398 e. The van der Waals surface area contributed by atoms with Gasteiger partial charge in [-0.25, -0.2) is 4.39 Å². The van der Waals surface area contributed by atoms with E-state index in [1.165, 1.54) is 23.9 Å². The number of anilines is 1. The highest BCUT2D eigenvalue weighted by Crippen LogP contribution is 2.33. The molecule has 0 unspecified atom stereocenters. The minimum atomic E-state index is -0.514. The minimum absolute atomic E-state index is 0.0903. The Kier molecular flexibility index (Phi) is 4.61. The first kappa shape index (κ1) is 14.8. The van der Waals surface area contributed by atoms with Crippen LogP contribution in [0.15, 0.2) is 45.8 Å². The largest absolute Gasteiger partial charge is 0.398 e. The predicted octanol–water partition coefficient (Wildman–Crippen LogP) is 4.37. The average Bonchev–Trinajstić information content (AvgIpc) is 2.39. The molecule has 7 heteroatoms. The van der Waals surface area contributed by atoms with Crippen LogP contribution in [0.4, 0.5) is 15.8 Å². The summed E-state index contributed by atoms with van der Waals surface area (Å²) in [5.41, 5.74) is 6.65. The number of hydrogen-bond donors (Lipinski definition) is 1. The lowest BCUT2D eigenvalue weighted by molar-refractivity contribution is -0.385. The first-order valence-electron chi connectivity index (χ1n) is 5.58. The molecule has 0 radical (unpaired) electrons. The fraction of sp³-hybridized carbons (Fsp3) is 0.0769. The lowest BCUT2D eigenvalue weighted by atomic mass is 10.2. The zero-order valence-electron chi connectivity index (χ0n) is 10.2. The highest BCUT2D eigenvalue weighted by molar-refractivity contribution is 9.10. The van der Waals surface area contributed by atoms with E-state index in [2.05, 4.69) is 15.9 Å². The summed E-state index contributed by atoms with van der Waals surface area (Å²) in [6.45, 7) is 0. The molecule has 0 saturated carbocycles. The van der Waals surface area contributed by atoms with Crippen molar-refractivity contribution in [3.05, 3.63) is 62.4 Å². The molecule has 104 valence electrons. The van der Waals surface area contributed by atoms with Gasteiger partial charge in [0, 0.05) is 32.4 Å². The molecule has 0 aliphatic heterocycles. The van der Waals surface area contributed by atoms with Crippen molar-refractivity contribution in [2.45, 2.75) is 10.6 Å². The molecule has 0 saturated heterocycles. The fourth-order valence-electron chi connectivity index (χ4n) is 1.64. The van der Waals surface area contributed by atoms with Gasteiger partial charge >= 0.3 is 0 Å². The Labute approximate surface area is 127 Å². The fourth-order valence-corrected chi connectivity index (χ4v) is 3.14. The van der Waals surface area contributed by atoms with Crippen molar-refractivity contribution in [3.8, 4) is 0 Å². The number of rotatable bonds is 4. The number of benzene rings is 2. The molecule has 4 nitrogen and oxygen atoms in total. The van der Waals surface area contributed by atoms with Gasteiger partial charge in [0.1, 0.15) is 5.82 Å². The van der Waals surface area contributed by atoms with Gasteiger partial charge in [-0.05, 0) is 30.3 Å². The molecule has 2 rings (SSSR count). The highest BCUT2D eigenvalue weighted by atomic mass is 79.9. The van der Waals surface area contributed by atoms with E-state index in [4.69, 9.17) is 5.73 Å². The molecule has 0 atom stereocenters. The summed E-state index contributed by atoms with van der Waals surface area (Å²) in [7, 11) is 0. The van der Waals surface area contributed by atoms with E-state index in [-0.39, 0.29) is 11.4 Å². The third kappa shape index (κ3) is 3.49.